The summed E-state index contributed by atoms with van der Waals surface area (Å²) in [7, 11) is 0. The predicted octanol–water partition coefficient (Wildman–Crippen LogP) is 1.17. The second-order valence-corrected chi connectivity index (χ2v) is 4.75. The van der Waals surface area contributed by atoms with Gasteiger partial charge in [-0.05, 0) is 13.0 Å². The van der Waals surface area contributed by atoms with Gasteiger partial charge in [-0.3, -0.25) is 4.79 Å². The van der Waals surface area contributed by atoms with Crippen molar-refractivity contribution in [3.05, 3.63) is 23.9 Å². The Balaban J connectivity index is 1.83. The minimum absolute atomic E-state index is 0.0511. The Bertz CT molecular complexity index is 475. The van der Waals surface area contributed by atoms with Gasteiger partial charge in [0.05, 0.1) is 18.7 Å². The largest absolute Gasteiger partial charge is 0.471 e. The maximum Gasteiger partial charge on any atom is 0.240 e. The van der Waals surface area contributed by atoms with Crippen LogP contribution in [-0.4, -0.2) is 40.4 Å². The van der Waals surface area contributed by atoms with Gasteiger partial charge in [0.25, 0.3) is 0 Å². The van der Waals surface area contributed by atoms with Crippen molar-refractivity contribution in [1.29, 1.82) is 5.26 Å². The first-order chi connectivity index (χ1) is 8.60. The van der Waals surface area contributed by atoms with Gasteiger partial charge in [-0.15, -0.1) is 11.6 Å². The Morgan fingerprint density at radius 2 is 2.39 bits per heavy atom. The smallest absolute Gasteiger partial charge is 0.240 e. The van der Waals surface area contributed by atoms with E-state index < -0.39 is 5.38 Å². The molecule has 0 bridgehead atoms. The highest BCUT2D eigenvalue weighted by molar-refractivity contribution is 6.30. The van der Waals surface area contributed by atoms with Gasteiger partial charge in [0, 0.05) is 12.3 Å². The first-order valence-electron chi connectivity index (χ1n) is 5.56. The van der Waals surface area contributed by atoms with Gasteiger partial charge >= 0.3 is 0 Å². The molecule has 5 nitrogen and oxygen atoms in total. The molecule has 0 N–H and O–H groups in total. The van der Waals surface area contributed by atoms with Crippen LogP contribution in [0.15, 0.2) is 18.3 Å². The summed E-state index contributed by atoms with van der Waals surface area (Å²) < 4.78 is 5.55. The highest BCUT2D eigenvalue weighted by Crippen LogP contribution is 2.17. The molecule has 1 saturated heterocycles. The number of nitriles is 1. The lowest BCUT2D eigenvalue weighted by atomic mass is 10.1. The fourth-order valence-corrected chi connectivity index (χ4v) is 1.77. The lowest BCUT2D eigenvalue weighted by Gasteiger charge is -2.39. The van der Waals surface area contributed by atoms with Crippen molar-refractivity contribution in [3.8, 4) is 11.9 Å². The van der Waals surface area contributed by atoms with Crippen LogP contribution in [0.2, 0.25) is 0 Å². The summed E-state index contributed by atoms with van der Waals surface area (Å²) in [6.45, 7) is 2.70. The maximum absolute atomic E-state index is 11.5. The van der Waals surface area contributed by atoms with E-state index in [1.165, 1.54) is 6.20 Å². The molecule has 1 atom stereocenters. The summed E-state index contributed by atoms with van der Waals surface area (Å²) in [5.41, 5.74) is 0.490. The zero-order valence-electron chi connectivity index (χ0n) is 9.84. The highest BCUT2D eigenvalue weighted by atomic mass is 35.5. The summed E-state index contributed by atoms with van der Waals surface area (Å²) in [6, 6.07) is 5.27. The third-order valence-corrected chi connectivity index (χ3v) is 2.84. The van der Waals surface area contributed by atoms with E-state index in [1.54, 1.807) is 24.0 Å². The summed E-state index contributed by atoms with van der Waals surface area (Å²) in [6.07, 6.45) is 1.40. The van der Waals surface area contributed by atoms with E-state index in [4.69, 9.17) is 21.6 Å². The third-order valence-electron chi connectivity index (χ3n) is 2.65. The van der Waals surface area contributed by atoms with E-state index in [-0.39, 0.29) is 12.0 Å². The van der Waals surface area contributed by atoms with E-state index in [0.717, 1.165) is 0 Å². The summed E-state index contributed by atoms with van der Waals surface area (Å²) >= 11 is 5.70. The van der Waals surface area contributed by atoms with Crippen LogP contribution < -0.4 is 4.74 Å². The molecule has 94 valence electrons. The number of rotatable bonds is 3. The van der Waals surface area contributed by atoms with E-state index in [2.05, 4.69) is 4.98 Å². The average molecular weight is 266 g/mol. The Kier molecular flexibility index (Phi) is 3.68. The van der Waals surface area contributed by atoms with Crippen LogP contribution in [0.1, 0.15) is 12.5 Å². The topological polar surface area (TPSA) is 66.2 Å². The van der Waals surface area contributed by atoms with Crippen LogP contribution in [-0.2, 0) is 4.79 Å². The molecule has 1 aromatic heterocycles. The fourth-order valence-electron chi connectivity index (χ4n) is 1.63. The Morgan fingerprint density at radius 3 is 2.89 bits per heavy atom. The van der Waals surface area contributed by atoms with Gasteiger partial charge < -0.3 is 9.64 Å². The van der Waals surface area contributed by atoms with Crippen molar-refractivity contribution < 1.29 is 9.53 Å². The number of likely N-dealkylation sites (tertiary alicyclic amines) is 1. The van der Waals surface area contributed by atoms with Crippen LogP contribution >= 0.6 is 11.6 Å². The number of halogens is 1. The number of hydrogen-bond acceptors (Lipinski definition) is 4. The first kappa shape index (κ1) is 12.7. The number of aromatic nitrogens is 1. The zero-order chi connectivity index (χ0) is 13.1. The lowest BCUT2D eigenvalue weighted by molar-refractivity contribution is -0.139. The maximum atomic E-state index is 11.5. The van der Waals surface area contributed by atoms with E-state index in [0.29, 0.717) is 24.5 Å². The van der Waals surface area contributed by atoms with E-state index in [9.17, 15) is 4.79 Å². The number of alkyl halides is 1. The number of carbonyl (C=O) groups excluding carboxylic acids is 1. The molecular formula is C12H12ClN3O2. The number of ether oxygens (including phenoxy) is 1. The van der Waals surface area contributed by atoms with E-state index >= 15 is 0 Å². The second kappa shape index (κ2) is 5.23. The van der Waals surface area contributed by atoms with Crippen LogP contribution in [0.25, 0.3) is 0 Å². The molecule has 2 heterocycles. The van der Waals surface area contributed by atoms with Crippen LogP contribution in [0, 0.1) is 11.3 Å². The molecule has 0 aromatic carbocycles. The number of pyridine rings is 1. The quantitative estimate of drug-likeness (QED) is 0.770. The van der Waals surface area contributed by atoms with Gasteiger partial charge in [0.2, 0.25) is 11.8 Å². The average Bonchev–Trinajstić information content (AvgIpc) is 2.33. The van der Waals surface area contributed by atoms with E-state index in [1.807, 2.05) is 6.07 Å². The summed E-state index contributed by atoms with van der Waals surface area (Å²) in [5, 5.41) is 8.13. The number of hydrogen-bond donors (Lipinski definition) is 0. The minimum Gasteiger partial charge on any atom is -0.471 e. The highest BCUT2D eigenvalue weighted by Gasteiger charge is 2.33. The molecule has 0 spiro atoms. The third kappa shape index (κ3) is 2.71. The molecule has 1 unspecified atom stereocenters. The molecule has 1 aliphatic rings. The molecule has 18 heavy (non-hydrogen) atoms. The van der Waals surface area contributed by atoms with Gasteiger partial charge in [-0.2, -0.15) is 5.26 Å². The predicted molar refractivity (Wildman–Crippen MR) is 65.3 cm³/mol. The van der Waals surface area contributed by atoms with Crippen molar-refractivity contribution in [2.24, 2.45) is 0 Å². The van der Waals surface area contributed by atoms with Gasteiger partial charge in [-0.1, -0.05) is 0 Å². The molecule has 0 radical (unpaired) electrons. The molecule has 2 rings (SSSR count). The molecule has 1 aromatic rings. The summed E-state index contributed by atoms with van der Waals surface area (Å²) in [5.74, 6) is 0.384. The minimum atomic E-state index is -0.501. The number of amides is 1. The molecule has 0 saturated carbocycles. The van der Waals surface area contributed by atoms with Crippen molar-refractivity contribution in [2.45, 2.75) is 18.4 Å². The lowest BCUT2D eigenvalue weighted by Crippen LogP contribution is -2.57. The number of carbonyl (C=O) groups is 1. The second-order valence-electron chi connectivity index (χ2n) is 4.10. The van der Waals surface area contributed by atoms with Crippen molar-refractivity contribution in [3.63, 3.8) is 0 Å². The normalized spacial score (nSPS) is 16.6. The van der Waals surface area contributed by atoms with Gasteiger partial charge in [0.15, 0.2) is 0 Å². The molecular weight excluding hydrogens is 254 g/mol. The SMILES string of the molecule is CC(Cl)C(=O)N1CC(Oc2ccc(C#N)cn2)C1. The van der Waals surface area contributed by atoms with Crippen molar-refractivity contribution >= 4 is 17.5 Å². The molecule has 1 fully saturated rings. The summed E-state index contributed by atoms with van der Waals surface area (Å²) in [4.78, 5) is 17.1. The fraction of sp³-hybridized carbons (Fsp3) is 0.417. The molecule has 0 aliphatic carbocycles. The number of nitrogens with zero attached hydrogens (tertiary/aromatic N) is 3. The molecule has 6 heteroatoms. The monoisotopic (exact) mass is 265 g/mol. The Hall–Kier alpha value is -1.80. The molecule has 1 amide bonds. The molecule has 1 aliphatic heterocycles. The van der Waals surface area contributed by atoms with Crippen LogP contribution in [0.3, 0.4) is 0 Å². The van der Waals surface area contributed by atoms with Crippen molar-refractivity contribution in [1.82, 2.24) is 9.88 Å². The Morgan fingerprint density at radius 1 is 1.67 bits per heavy atom. The van der Waals surface area contributed by atoms with Crippen LogP contribution in [0.5, 0.6) is 5.88 Å². The first-order valence-corrected chi connectivity index (χ1v) is 5.99. The van der Waals surface area contributed by atoms with Crippen LogP contribution in [0.4, 0.5) is 0 Å². The standard InChI is InChI=1S/C12H12ClN3O2/c1-8(13)12(17)16-6-10(7-16)18-11-3-2-9(4-14)5-15-11/h2-3,5,8,10H,6-7H2,1H3. The van der Waals surface area contributed by atoms with Crippen molar-refractivity contribution in [2.75, 3.05) is 13.1 Å². The Labute approximate surface area is 110 Å². The van der Waals surface area contributed by atoms with Gasteiger partial charge in [0.1, 0.15) is 17.6 Å². The van der Waals surface area contributed by atoms with Gasteiger partial charge in [-0.25, -0.2) is 4.98 Å². The zero-order valence-corrected chi connectivity index (χ0v) is 10.6.